The zero-order chi connectivity index (χ0) is 54.3. The molecule has 0 aromatic heterocycles. The van der Waals surface area contributed by atoms with Crippen LogP contribution in [0.15, 0.2) is 72.8 Å². The van der Waals surface area contributed by atoms with Crippen molar-refractivity contribution < 1.29 is 128 Å². The van der Waals surface area contributed by atoms with Gasteiger partial charge in [0.25, 0.3) is 17.1 Å². The van der Waals surface area contributed by atoms with Crippen LogP contribution in [0.5, 0.6) is 11.5 Å². The van der Waals surface area contributed by atoms with Gasteiger partial charge in [0.1, 0.15) is 11.5 Å². The molecule has 0 fully saturated rings. The van der Waals surface area contributed by atoms with E-state index in [0.29, 0.717) is 19.1 Å². The van der Waals surface area contributed by atoms with Crippen LogP contribution in [0, 0.1) is 0 Å². The number of aromatic carboxylic acids is 2. The third kappa shape index (κ3) is 9.96. The van der Waals surface area contributed by atoms with Crippen molar-refractivity contribution in [2.24, 2.45) is 0 Å². The normalized spacial score (nSPS) is 13.2. The number of Topliss-reactive ketones (excluding diaryl/α,β-unsaturated/α-hetero) is 1. The van der Waals surface area contributed by atoms with E-state index >= 15 is 26.3 Å². The number of aliphatic hydroxyl groups is 3. The molecule has 0 unspecified atom stereocenters. The monoisotopic (exact) mass is 1040 g/mol. The first-order valence-electron chi connectivity index (χ1n) is 18.2. The Kier molecular flexibility index (Phi) is 15.7. The van der Waals surface area contributed by atoms with Gasteiger partial charge in [-0.3, -0.25) is 9.59 Å². The second kappa shape index (κ2) is 19.2. The van der Waals surface area contributed by atoms with E-state index in [9.17, 15) is 92.3 Å². The molecule has 70 heavy (non-hydrogen) atoms. The largest absolute Gasteiger partial charge is 0.478 e. The smallest absolute Gasteiger partial charge is 0.430 e. The lowest BCUT2D eigenvalue weighted by Crippen LogP contribution is -2.55. The highest BCUT2D eigenvalue weighted by atomic mass is 19.4. The van der Waals surface area contributed by atoms with Crippen LogP contribution in [0.4, 0.5) is 90.4 Å². The standard InChI is InChI=1S/C39H24F18N2O9.CH4O/c1-15(60)22-11-16(3-7-20(22)29(62)63)31(34(40,41)42,35(43,44)45)17-4-8-21(30(64)65)23(12-17)28(61)59-27-10-6-19(14-25(27)33(67,38(52,53)54)39(55,56)57)68-18-5-9-26(58-2)24(13-18)32(66,36(46,47)48)37(49,50)51;1-2/h3-14,58,66-67H,1-2H3,(H,59,61)(H,62,63)(H,64,65);2H,1H3. The Morgan fingerprint density at radius 2 is 0.814 bits per heavy atom. The second-order valence-corrected chi connectivity index (χ2v) is 14.1. The van der Waals surface area contributed by atoms with Gasteiger partial charge in [-0.05, 0) is 78.7 Å². The molecule has 7 N–H and O–H groups in total. The molecule has 0 radical (unpaired) electrons. The molecule has 0 aliphatic heterocycles. The molecule has 4 aromatic carbocycles. The summed E-state index contributed by atoms with van der Waals surface area (Å²) in [5.41, 5.74) is -35.3. The molecule has 4 aromatic rings. The van der Waals surface area contributed by atoms with E-state index in [2.05, 4.69) is 0 Å². The fraction of sp³-hybridized carbons (Fsp3) is 0.300. The first kappa shape index (κ1) is 57.5. The van der Waals surface area contributed by atoms with Gasteiger partial charge in [-0.2, -0.15) is 79.0 Å². The van der Waals surface area contributed by atoms with Gasteiger partial charge in [0.2, 0.25) is 5.41 Å². The summed E-state index contributed by atoms with van der Waals surface area (Å²) in [6.07, 6.45) is -40.4. The highest BCUT2D eigenvalue weighted by molar-refractivity contribution is 6.11. The van der Waals surface area contributed by atoms with E-state index in [1.165, 1.54) is 5.32 Å². The van der Waals surface area contributed by atoms with Gasteiger partial charge >= 0.3 is 49.0 Å². The molecular formula is C40H28F18N2O10. The van der Waals surface area contributed by atoms with Crippen molar-refractivity contribution in [3.8, 4) is 11.5 Å². The van der Waals surface area contributed by atoms with E-state index in [4.69, 9.17) is 9.84 Å². The van der Waals surface area contributed by atoms with Crippen molar-refractivity contribution in [1.82, 2.24) is 0 Å². The van der Waals surface area contributed by atoms with E-state index in [1.54, 1.807) is 0 Å². The van der Waals surface area contributed by atoms with Gasteiger partial charge in [-0.1, -0.05) is 12.1 Å². The van der Waals surface area contributed by atoms with E-state index in [0.717, 1.165) is 14.2 Å². The Labute approximate surface area is 377 Å². The van der Waals surface area contributed by atoms with Crippen molar-refractivity contribution >= 4 is 35.0 Å². The molecule has 0 saturated heterocycles. The molecule has 0 aliphatic rings. The zero-order valence-electron chi connectivity index (χ0n) is 34.5. The van der Waals surface area contributed by atoms with Crippen LogP contribution in [0.25, 0.3) is 0 Å². The van der Waals surface area contributed by atoms with Gasteiger partial charge in [0.15, 0.2) is 5.78 Å². The highest BCUT2D eigenvalue weighted by Gasteiger charge is 2.74. The first-order valence-corrected chi connectivity index (χ1v) is 18.2. The molecule has 12 nitrogen and oxygen atoms in total. The van der Waals surface area contributed by atoms with E-state index < -0.39 is 157 Å². The van der Waals surface area contributed by atoms with Crippen LogP contribution in [0.3, 0.4) is 0 Å². The minimum atomic E-state index is -6.96. The van der Waals surface area contributed by atoms with Crippen LogP contribution in [-0.2, 0) is 16.6 Å². The maximum absolute atomic E-state index is 15.1. The maximum atomic E-state index is 15.1. The molecule has 4 rings (SSSR count). The minimum Gasteiger partial charge on any atom is -0.478 e. The van der Waals surface area contributed by atoms with Gasteiger partial charge in [-0.15, -0.1) is 0 Å². The summed E-state index contributed by atoms with van der Waals surface area (Å²) < 4.78 is 264. The molecular weight excluding hydrogens is 1010 g/mol. The van der Waals surface area contributed by atoms with Crippen molar-refractivity contribution in [3.05, 3.63) is 117 Å². The van der Waals surface area contributed by atoms with Crippen molar-refractivity contribution in [2.75, 3.05) is 24.8 Å². The predicted molar refractivity (Wildman–Crippen MR) is 200 cm³/mol. The first-order chi connectivity index (χ1) is 31.6. The Hall–Kier alpha value is -6.82. The summed E-state index contributed by atoms with van der Waals surface area (Å²) in [5.74, 6) is -11.0. The average Bonchev–Trinajstić information content (AvgIpc) is 3.21. The number of amides is 1. The number of ether oxygens (including phenoxy) is 1. The van der Waals surface area contributed by atoms with Crippen molar-refractivity contribution in [1.29, 1.82) is 0 Å². The molecule has 0 bridgehead atoms. The summed E-state index contributed by atoms with van der Waals surface area (Å²) in [7, 11) is 1.76. The van der Waals surface area contributed by atoms with Crippen molar-refractivity contribution in [3.63, 3.8) is 0 Å². The van der Waals surface area contributed by atoms with Crippen LogP contribution >= 0.6 is 0 Å². The molecule has 1 amide bonds. The summed E-state index contributed by atoms with van der Waals surface area (Å²) in [6, 6.07) is -0.567. The summed E-state index contributed by atoms with van der Waals surface area (Å²) in [4.78, 5) is 49.7. The number of aliphatic hydroxyl groups excluding tert-OH is 1. The topological polar surface area (TPSA) is 203 Å². The van der Waals surface area contributed by atoms with Gasteiger partial charge in [-0.25, -0.2) is 9.59 Å². The van der Waals surface area contributed by atoms with Crippen LogP contribution in [0.1, 0.15) is 70.6 Å². The summed E-state index contributed by atoms with van der Waals surface area (Å²) in [6.45, 7) is 0.539. The molecule has 30 heteroatoms. The Balaban J connectivity index is 0.00000639. The second-order valence-electron chi connectivity index (χ2n) is 14.1. The number of anilines is 2. The number of rotatable bonds is 12. The van der Waals surface area contributed by atoms with Crippen LogP contribution < -0.4 is 15.4 Å². The number of carboxylic acids is 2. The molecule has 0 aliphatic carbocycles. The minimum absolute atomic E-state index is 0.0601. The summed E-state index contributed by atoms with van der Waals surface area (Å²) in [5, 5.41) is 49.5. The lowest BCUT2D eigenvalue weighted by molar-refractivity contribution is -0.376. The van der Waals surface area contributed by atoms with Crippen LogP contribution in [0.2, 0.25) is 0 Å². The lowest BCUT2D eigenvalue weighted by Gasteiger charge is -2.38. The third-order valence-corrected chi connectivity index (χ3v) is 10.00. The highest BCUT2D eigenvalue weighted by Crippen LogP contribution is 2.58. The Morgan fingerprint density at radius 1 is 0.471 bits per heavy atom. The average molecular weight is 1040 g/mol. The zero-order valence-corrected chi connectivity index (χ0v) is 34.5. The number of hydrogen-bond donors (Lipinski definition) is 7. The number of carboxylic acid groups (broad SMARTS) is 2. The van der Waals surface area contributed by atoms with Crippen LogP contribution in [-0.4, -0.2) is 100 Å². The maximum Gasteiger partial charge on any atom is 0.430 e. The number of carbonyl (C=O) groups excluding carboxylic acids is 2. The Bertz CT molecular complexity index is 2610. The lowest BCUT2D eigenvalue weighted by atomic mass is 9.71. The SMILES string of the molecule is CNc1ccc(Oc2ccc(NC(=O)c3cc(C(c4ccc(C(=O)O)c(C(C)=O)c4)(C(F)(F)F)C(F)(F)F)ccc3C(=O)O)c(C(O)(C(F)(F)F)C(F)(F)F)c2)cc1C(O)(C(F)(F)F)C(F)(F)F.CO. The number of alkyl halides is 18. The van der Waals surface area contributed by atoms with Gasteiger partial charge in [0, 0.05) is 42.2 Å². The fourth-order valence-electron chi connectivity index (χ4n) is 6.75. The van der Waals surface area contributed by atoms with E-state index in [-0.39, 0.29) is 48.5 Å². The number of hydrogen-bond acceptors (Lipinski definition) is 9. The third-order valence-electron chi connectivity index (χ3n) is 10.00. The number of ketones is 1. The number of carbonyl (C=O) groups is 4. The summed E-state index contributed by atoms with van der Waals surface area (Å²) >= 11 is 0. The number of halogens is 18. The number of benzene rings is 4. The molecule has 0 saturated carbocycles. The number of nitrogens with one attached hydrogen (secondary N) is 2. The quantitative estimate of drug-likeness (QED) is 0.0526. The van der Waals surface area contributed by atoms with Gasteiger partial charge < -0.3 is 40.9 Å². The molecule has 384 valence electrons. The Morgan fingerprint density at radius 3 is 1.14 bits per heavy atom. The molecule has 0 heterocycles. The van der Waals surface area contributed by atoms with E-state index in [1.807, 2.05) is 5.32 Å². The molecule has 0 spiro atoms. The van der Waals surface area contributed by atoms with Gasteiger partial charge in [0.05, 0.1) is 16.7 Å². The predicted octanol–water partition coefficient (Wildman–Crippen LogP) is 10.0. The molecule has 0 atom stereocenters. The fourth-order valence-corrected chi connectivity index (χ4v) is 6.75. The van der Waals surface area contributed by atoms with Crippen molar-refractivity contribution in [2.45, 2.75) is 60.6 Å².